The van der Waals surface area contributed by atoms with E-state index < -0.39 is 5.95 Å². The van der Waals surface area contributed by atoms with Crippen molar-refractivity contribution in [2.75, 3.05) is 5.32 Å². The lowest BCUT2D eigenvalue weighted by Gasteiger charge is -2.14. The highest BCUT2D eigenvalue weighted by Crippen LogP contribution is 2.08. The Morgan fingerprint density at radius 1 is 1.64 bits per heavy atom. The molecule has 0 saturated carbocycles. The number of nitrogens with one attached hydrogen (secondary N) is 1. The Bertz CT molecular complexity index is 332. The van der Waals surface area contributed by atoms with Gasteiger partial charge in [0.15, 0.2) is 0 Å². The number of hydrogen-bond donors (Lipinski definition) is 1. The Morgan fingerprint density at radius 3 is 3.00 bits per heavy atom. The lowest BCUT2D eigenvalue weighted by Crippen LogP contribution is -2.18. The summed E-state index contributed by atoms with van der Waals surface area (Å²) in [6, 6.07) is 1.38. The van der Waals surface area contributed by atoms with E-state index >= 15 is 0 Å². The van der Waals surface area contributed by atoms with Crippen LogP contribution in [0.3, 0.4) is 0 Å². The fourth-order valence-corrected chi connectivity index (χ4v) is 1.06. The molecule has 1 unspecified atom stereocenters. The largest absolute Gasteiger partial charge is 0.366 e. The molecule has 1 atom stereocenters. The number of terminal acetylenes is 1. The lowest BCUT2D eigenvalue weighted by atomic mass is 10.1. The maximum atomic E-state index is 12.7. The lowest BCUT2D eigenvalue weighted by molar-refractivity contribution is 0.579. The average molecular weight is 193 g/mol. The van der Waals surface area contributed by atoms with Crippen molar-refractivity contribution < 1.29 is 4.39 Å². The number of nitrogens with zero attached hydrogens (tertiary/aromatic N) is 2. The third-order valence-electron chi connectivity index (χ3n) is 1.84. The second kappa shape index (κ2) is 5.18. The number of hydrogen-bond acceptors (Lipinski definition) is 3. The van der Waals surface area contributed by atoms with Crippen LogP contribution in [0.2, 0.25) is 0 Å². The summed E-state index contributed by atoms with van der Waals surface area (Å²) < 4.78 is 12.7. The Kier molecular flexibility index (Phi) is 3.86. The van der Waals surface area contributed by atoms with E-state index in [-0.39, 0.29) is 6.04 Å². The van der Waals surface area contributed by atoms with Crippen LogP contribution >= 0.6 is 0 Å². The van der Waals surface area contributed by atoms with Gasteiger partial charge in [0.2, 0.25) is 5.95 Å². The van der Waals surface area contributed by atoms with Crippen LogP contribution in [-0.4, -0.2) is 16.0 Å². The summed E-state index contributed by atoms with van der Waals surface area (Å²) in [5, 5.41) is 3.04. The van der Waals surface area contributed by atoms with E-state index in [9.17, 15) is 4.39 Å². The zero-order valence-corrected chi connectivity index (χ0v) is 8.00. The third kappa shape index (κ3) is 3.02. The smallest absolute Gasteiger partial charge is 0.217 e. The maximum Gasteiger partial charge on any atom is 0.217 e. The van der Waals surface area contributed by atoms with Gasteiger partial charge in [-0.2, -0.15) is 4.39 Å². The van der Waals surface area contributed by atoms with E-state index in [4.69, 9.17) is 6.42 Å². The summed E-state index contributed by atoms with van der Waals surface area (Å²) in [5.41, 5.74) is 0. The van der Waals surface area contributed by atoms with Gasteiger partial charge in [-0.3, -0.25) is 0 Å². The highest BCUT2D eigenvalue weighted by molar-refractivity contribution is 5.33. The van der Waals surface area contributed by atoms with Crippen molar-refractivity contribution in [2.24, 2.45) is 0 Å². The van der Waals surface area contributed by atoms with Gasteiger partial charge >= 0.3 is 0 Å². The molecule has 4 heteroatoms. The first-order valence-corrected chi connectivity index (χ1v) is 4.43. The first-order chi connectivity index (χ1) is 6.76. The van der Waals surface area contributed by atoms with E-state index in [0.717, 1.165) is 6.42 Å². The summed E-state index contributed by atoms with van der Waals surface area (Å²) in [5.74, 6) is 2.48. The van der Waals surface area contributed by atoms with Crippen molar-refractivity contribution >= 4 is 5.82 Å². The normalized spacial score (nSPS) is 11.8. The minimum Gasteiger partial charge on any atom is -0.366 e. The van der Waals surface area contributed by atoms with Gasteiger partial charge < -0.3 is 5.32 Å². The van der Waals surface area contributed by atoms with E-state index in [1.807, 2.05) is 6.92 Å². The molecule has 1 rings (SSSR count). The second-order valence-electron chi connectivity index (χ2n) is 2.88. The SMILES string of the molecule is C#CCC(CC)Nc1cc(F)ncn1. The highest BCUT2D eigenvalue weighted by Gasteiger charge is 2.05. The molecule has 1 aromatic heterocycles. The van der Waals surface area contributed by atoms with Crippen LogP contribution in [0.5, 0.6) is 0 Å². The van der Waals surface area contributed by atoms with Crippen molar-refractivity contribution in [3.05, 3.63) is 18.3 Å². The van der Waals surface area contributed by atoms with Gasteiger partial charge in [-0.05, 0) is 6.42 Å². The van der Waals surface area contributed by atoms with Crippen LogP contribution in [-0.2, 0) is 0 Å². The molecule has 0 fully saturated rings. The fraction of sp³-hybridized carbons (Fsp3) is 0.400. The predicted octanol–water partition coefficient (Wildman–Crippen LogP) is 1.83. The van der Waals surface area contributed by atoms with Gasteiger partial charge in [-0.1, -0.05) is 6.92 Å². The molecular formula is C10H12FN3. The van der Waals surface area contributed by atoms with E-state index in [0.29, 0.717) is 12.2 Å². The zero-order valence-electron chi connectivity index (χ0n) is 8.00. The first-order valence-electron chi connectivity index (χ1n) is 4.43. The summed E-state index contributed by atoms with van der Waals surface area (Å²) in [6.45, 7) is 2.01. The number of halogens is 1. The van der Waals surface area contributed by atoms with Crippen molar-refractivity contribution in [3.63, 3.8) is 0 Å². The molecule has 0 aliphatic rings. The molecule has 0 spiro atoms. The molecule has 0 bridgehead atoms. The van der Waals surface area contributed by atoms with Crippen LogP contribution in [0.1, 0.15) is 19.8 Å². The molecule has 1 aromatic rings. The summed E-state index contributed by atoms with van der Waals surface area (Å²) >= 11 is 0. The van der Waals surface area contributed by atoms with Crippen LogP contribution in [0.4, 0.5) is 10.2 Å². The van der Waals surface area contributed by atoms with Crippen molar-refractivity contribution in [1.82, 2.24) is 9.97 Å². The van der Waals surface area contributed by atoms with E-state index in [1.54, 1.807) is 0 Å². The van der Waals surface area contributed by atoms with E-state index in [1.165, 1.54) is 12.4 Å². The van der Waals surface area contributed by atoms with Gasteiger partial charge in [-0.15, -0.1) is 12.3 Å². The number of aromatic nitrogens is 2. The summed E-state index contributed by atoms with van der Waals surface area (Å²) in [6.07, 6.45) is 7.84. The van der Waals surface area contributed by atoms with Crippen LogP contribution in [0, 0.1) is 18.3 Å². The van der Waals surface area contributed by atoms with Gasteiger partial charge in [0.1, 0.15) is 12.1 Å². The van der Waals surface area contributed by atoms with Gasteiger partial charge in [0, 0.05) is 18.5 Å². The summed E-state index contributed by atoms with van der Waals surface area (Å²) in [4.78, 5) is 7.24. The van der Waals surface area contributed by atoms with Crippen molar-refractivity contribution in [1.29, 1.82) is 0 Å². The molecule has 0 saturated heterocycles. The third-order valence-corrected chi connectivity index (χ3v) is 1.84. The first kappa shape index (κ1) is 10.5. The molecule has 0 amide bonds. The molecular weight excluding hydrogens is 181 g/mol. The topological polar surface area (TPSA) is 37.8 Å². The monoisotopic (exact) mass is 193 g/mol. The minimum absolute atomic E-state index is 0.134. The Morgan fingerprint density at radius 2 is 2.43 bits per heavy atom. The Labute approximate surface area is 82.8 Å². The maximum absolute atomic E-state index is 12.7. The van der Waals surface area contributed by atoms with Gasteiger partial charge in [0.25, 0.3) is 0 Å². The van der Waals surface area contributed by atoms with Gasteiger partial charge in [-0.25, -0.2) is 9.97 Å². The molecule has 14 heavy (non-hydrogen) atoms. The zero-order chi connectivity index (χ0) is 10.4. The number of rotatable bonds is 4. The number of anilines is 1. The molecule has 3 nitrogen and oxygen atoms in total. The van der Waals surface area contributed by atoms with Crippen molar-refractivity contribution in [2.45, 2.75) is 25.8 Å². The molecule has 0 aliphatic carbocycles. The van der Waals surface area contributed by atoms with E-state index in [2.05, 4.69) is 21.2 Å². The van der Waals surface area contributed by atoms with Crippen LogP contribution in [0.15, 0.2) is 12.4 Å². The molecule has 1 heterocycles. The quantitative estimate of drug-likeness (QED) is 0.585. The Hall–Kier alpha value is -1.63. The molecule has 0 aromatic carbocycles. The predicted molar refractivity (Wildman–Crippen MR) is 53.1 cm³/mol. The molecule has 0 radical (unpaired) electrons. The van der Waals surface area contributed by atoms with Crippen molar-refractivity contribution in [3.8, 4) is 12.3 Å². The van der Waals surface area contributed by atoms with Crippen LogP contribution in [0.25, 0.3) is 0 Å². The average Bonchev–Trinajstić information content (AvgIpc) is 2.17. The Balaban J connectivity index is 2.63. The molecule has 74 valence electrons. The second-order valence-corrected chi connectivity index (χ2v) is 2.88. The molecule has 0 aliphatic heterocycles. The van der Waals surface area contributed by atoms with Gasteiger partial charge in [0.05, 0.1) is 0 Å². The van der Waals surface area contributed by atoms with Crippen LogP contribution < -0.4 is 5.32 Å². The minimum atomic E-state index is -0.543. The fourth-order valence-electron chi connectivity index (χ4n) is 1.06. The summed E-state index contributed by atoms with van der Waals surface area (Å²) in [7, 11) is 0. The standard InChI is InChI=1S/C10H12FN3/c1-3-5-8(4-2)14-10-6-9(11)12-7-13-10/h1,6-8H,4-5H2,2H3,(H,12,13,14). The molecule has 1 N–H and O–H groups in total. The highest BCUT2D eigenvalue weighted by atomic mass is 19.1.